The Morgan fingerprint density at radius 3 is 2.42 bits per heavy atom. The summed E-state index contributed by atoms with van der Waals surface area (Å²) in [6.07, 6.45) is -0.207. The zero-order chi connectivity index (χ0) is 22.8. The molecule has 1 heterocycles. The van der Waals surface area contributed by atoms with Crippen molar-refractivity contribution in [3.05, 3.63) is 52.0 Å². The van der Waals surface area contributed by atoms with Crippen molar-refractivity contribution in [2.45, 2.75) is 52.8 Å². The third-order valence-corrected chi connectivity index (χ3v) is 5.29. The molecule has 2 amide bonds. The number of hydrogen-bond acceptors (Lipinski definition) is 7. The van der Waals surface area contributed by atoms with Crippen LogP contribution in [0.2, 0.25) is 0 Å². The number of rotatable bonds is 10. The zero-order valence-electron chi connectivity index (χ0n) is 18.2. The Morgan fingerprint density at radius 2 is 1.77 bits per heavy atom. The first-order valence-corrected chi connectivity index (χ1v) is 11.1. The molecule has 0 saturated carbocycles. The summed E-state index contributed by atoms with van der Waals surface area (Å²) in [5.74, 6) is -0.662. The van der Waals surface area contributed by atoms with Gasteiger partial charge in [-0.15, -0.1) is 11.3 Å². The lowest BCUT2D eigenvalue weighted by Crippen LogP contribution is -2.48. The van der Waals surface area contributed by atoms with Gasteiger partial charge in [-0.3, -0.25) is 4.79 Å². The van der Waals surface area contributed by atoms with E-state index in [0.29, 0.717) is 11.4 Å². The highest BCUT2D eigenvalue weighted by Crippen LogP contribution is 2.19. The van der Waals surface area contributed by atoms with E-state index >= 15 is 0 Å². The van der Waals surface area contributed by atoms with Crippen LogP contribution in [0.5, 0.6) is 0 Å². The molecule has 2 aromatic rings. The van der Waals surface area contributed by atoms with Crippen molar-refractivity contribution in [2.75, 3.05) is 6.61 Å². The molecule has 0 aliphatic heterocycles. The highest BCUT2D eigenvalue weighted by Gasteiger charge is 2.25. The summed E-state index contributed by atoms with van der Waals surface area (Å²) in [7, 11) is 0. The minimum atomic E-state index is -0.754. The summed E-state index contributed by atoms with van der Waals surface area (Å²) in [6.45, 7) is 7.81. The van der Waals surface area contributed by atoms with Crippen LogP contribution in [0.4, 0.5) is 4.79 Å². The van der Waals surface area contributed by atoms with Crippen molar-refractivity contribution >= 4 is 29.3 Å². The van der Waals surface area contributed by atoms with Crippen molar-refractivity contribution in [3.8, 4) is 0 Å². The monoisotopic (exact) mass is 447 g/mol. The second-order valence-electron chi connectivity index (χ2n) is 7.41. The lowest BCUT2D eigenvalue weighted by molar-refractivity contribution is -0.124. The maximum absolute atomic E-state index is 12.8. The Labute approximate surface area is 186 Å². The molecule has 1 unspecified atom stereocenters. The second kappa shape index (κ2) is 12.0. The van der Waals surface area contributed by atoms with E-state index < -0.39 is 24.1 Å². The van der Waals surface area contributed by atoms with Gasteiger partial charge in [-0.1, -0.05) is 44.2 Å². The van der Waals surface area contributed by atoms with E-state index in [-0.39, 0.29) is 30.7 Å². The van der Waals surface area contributed by atoms with Gasteiger partial charge in [0, 0.05) is 5.38 Å². The predicted octanol–water partition coefficient (Wildman–Crippen LogP) is 3.84. The number of carbonyl (C=O) groups is 3. The van der Waals surface area contributed by atoms with Crippen molar-refractivity contribution in [1.29, 1.82) is 0 Å². The number of amides is 2. The molecule has 0 saturated heterocycles. The van der Waals surface area contributed by atoms with Gasteiger partial charge >= 0.3 is 12.1 Å². The quantitative estimate of drug-likeness (QED) is 0.536. The second-order valence-corrected chi connectivity index (χ2v) is 8.30. The standard InChI is InChI=1S/C22H29N3O5S/c1-5-29-21(27)18-13-31-20(24-18)15(4)23-19(26)17(11-14(2)3)25-22(28)30-12-16-9-7-6-8-10-16/h6-10,13-15,17H,5,11-12H2,1-4H3,(H,23,26)(H,25,28)/t15?,17-/m1/s1. The van der Waals surface area contributed by atoms with E-state index in [1.54, 1.807) is 19.2 Å². The van der Waals surface area contributed by atoms with Crippen molar-refractivity contribution in [3.63, 3.8) is 0 Å². The number of aromatic nitrogens is 1. The topological polar surface area (TPSA) is 107 Å². The van der Waals surface area contributed by atoms with Crippen LogP contribution in [-0.4, -0.2) is 35.6 Å². The third-order valence-electron chi connectivity index (χ3n) is 4.26. The molecule has 9 heteroatoms. The molecule has 0 bridgehead atoms. The fourth-order valence-corrected chi connectivity index (χ4v) is 3.57. The van der Waals surface area contributed by atoms with Gasteiger partial charge in [-0.05, 0) is 31.7 Å². The fourth-order valence-electron chi connectivity index (χ4n) is 2.77. The molecule has 1 aromatic carbocycles. The van der Waals surface area contributed by atoms with Crippen LogP contribution in [0.15, 0.2) is 35.7 Å². The van der Waals surface area contributed by atoms with E-state index in [1.165, 1.54) is 11.3 Å². The third kappa shape index (κ3) is 8.01. The lowest BCUT2D eigenvalue weighted by Gasteiger charge is -2.22. The Hall–Kier alpha value is -2.94. The number of alkyl carbamates (subject to hydrolysis) is 1. The zero-order valence-corrected chi connectivity index (χ0v) is 19.0. The Kier molecular flexibility index (Phi) is 9.45. The van der Waals surface area contributed by atoms with Crippen LogP contribution in [0, 0.1) is 5.92 Å². The summed E-state index contributed by atoms with van der Waals surface area (Å²) in [5, 5.41) is 7.68. The summed E-state index contributed by atoms with van der Waals surface area (Å²) in [4.78, 5) is 41.1. The van der Waals surface area contributed by atoms with Crippen LogP contribution >= 0.6 is 11.3 Å². The molecule has 2 atom stereocenters. The summed E-state index contributed by atoms with van der Waals surface area (Å²) < 4.78 is 10.2. The Balaban J connectivity index is 1.95. The SMILES string of the molecule is CCOC(=O)c1csc(C(C)NC(=O)[C@@H](CC(C)C)NC(=O)OCc2ccccc2)n1. The molecule has 0 radical (unpaired) electrons. The number of thiazole rings is 1. The summed E-state index contributed by atoms with van der Waals surface area (Å²) >= 11 is 1.26. The molecule has 2 N–H and O–H groups in total. The Bertz CT molecular complexity index is 869. The minimum Gasteiger partial charge on any atom is -0.461 e. The average Bonchev–Trinajstić information content (AvgIpc) is 3.23. The molecule has 0 aliphatic carbocycles. The lowest BCUT2D eigenvalue weighted by atomic mass is 10.0. The first-order valence-electron chi connectivity index (χ1n) is 10.2. The molecular weight excluding hydrogens is 418 g/mol. The number of ether oxygens (including phenoxy) is 2. The molecule has 8 nitrogen and oxygen atoms in total. The highest BCUT2D eigenvalue weighted by atomic mass is 32.1. The molecule has 0 aliphatic rings. The van der Waals surface area contributed by atoms with Crippen molar-refractivity contribution in [2.24, 2.45) is 5.92 Å². The number of hydrogen-bond donors (Lipinski definition) is 2. The van der Waals surface area contributed by atoms with Crippen molar-refractivity contribution < 1.29 is 23.9 Å². The Morgan fingerprint density at radius 1 is 1.06 bits per heavy atom. The maximum Gasteiger partial charge on any atom is 0.408 e. The summed E-state index contributed by atoms with van der Waals surface area (Å²) in [5.41, 5.74) is 1.07. The van der Waals surface area contributed by atoms with Crippen LogP contribution in [0.1, 0.15) is 61.2 Å². The van der Waals surface area contributed by atoms with E-state index in [1.807, 2.05) is 44.2 Å². The van der Waals surface area contributed by atoms with E-state index in [9.17, 15) is 14.4 Å². The van der Waals surface area contributed by atoms with Gasteiger partial charge < -0.3 is 20.1 Å². The van der Waals surface area contributed by atoms with E-state index in [2.05, 4.69) is 15.6 Å². The van der Waals surface area contributed by atoms with Gasteiger partial charge in [-0.25, -0.2) is 14.6 Å². The minimum absolute atomic E-state index is 0.120. The predicted molar refractivity (Wildman–Crippen MR) is 118 cm³/mol. The highest BCUT2D eigenvalue weighted by molar-refractivity contribution is 7.09. The molecule has 0 fully saturated rings. The number of nitrogens with zero attached hydrogens (tertiary/aromatic N) is 1. The van der Waals surface area contributed by atoms with Gasteiger partial charge in [0.15, 0.2) is 5.69 Å². The summed E-state index contributed by atoms with van der Waals surface area (Å²) in [6, 6.07) is 8.12. The smallest absolute Gasteiger partial charge is 0.408 e. The number of esters is 1. The average molecular weight is 448 g/mol. The van der Waals surface area contributed by atoms with Gasteiger partial charge in [0.25, 0.3) is 0 Å². The van der Waals surface area contributed by atoms with Gasteiger partial charge in [0.2, 0.25) is 5.91 Å². The largest absolute Gasteiger partial charge is 0.461 e. The fraction of sp³-hybridized carbons (Fsp3) is 0.455. The van der Waals surface area contributed by atoms with E-state index in [0.717, 1.165) is 5.56 Å². The molecule has 2 rings (SSSR count). The van der Waals surface area contributed by atoms with Gasteiger partial charge in [-0.2, -0.15) is 0 Å². The molecule has 0 spiro atoms. The normalized spacial score (nSPS) is 12.7. The van der Waals surface area contributed by atoms with Crippen LogP contribution in [0.25, 0.3) is 0 Å². The number of benzene rings is 1. The first kappa shape index (κ1) is 24.3. The van der Waals surface area contributed by atoms with Crippen LogP contribution in [0.3, 0.4) is 0 Å². The van der Waals surface area contributed by atoms with Crippen molar-refractivity contribution in [1.82, 2.24) is 15.6 Å². The molecule has 1 aromatic heterocycles. The van der Waals surface area contributed by atoms with Crippen LogP contribution < -0.4 is 10.6 Å². The molecular formula is C22H29N3O5S. The van der Waals surface area contributed by atoms with E-state index in [4.69, 9.17) is 9.47 Å². The number of nitrogens with one attached hydrogen (secondary N) is 2. The molecule has 168 valence electrons. The molecule has 31 heavy (non-hydrogen) atoms. The van der Waals surface area contributed by atoms with Gasteiger partial charge in [0.05, 0.1) is 12.6 Å². The van der Waals surface area contributed by atoms with Crippen LogP contribution in [-0.2, 0) is 20.9 Å². The number of carbonyl (C=O) groups excluding carboxylic acids is 3. The maximum atomic E-state index is 12.8. The first-order chi connectivity index (χ1) is 14.8. The van der Waals surface area contributed by atoms with Gasteiger partial charge in [0.1, 0.15) is 17.7 Å².